The Morgan fingerprint density at radius 1 is 1.03 bits per heavy atom. The maximum atomic E-state index is 13.2. The van der Waals surface area contributed by atoms with Gasteiger partial charge in [-0.05, 0) is 28.6 Å². The van der Waals surface area contributed by atoms with Crippen LogP contribution in [0, 0.1) is 20.9 Å². The summed E-state index contributed by atoms with van der Waals surface area (Å²) in [6, 6.07) is 0. The van der Waals surface area contributed by atoms with Crippen LogP contribution in [0.25, 0.3) is 0 Å². The van der Waals surface area contributed by atoms with Crippen LogP contribution < -0.4 is 5.32 Å². The van der Waals surface area contributed by atoms with Crippen LogP contribution in [-0.4, -0.2) is 26.0 Å². The summed E-state index contributed by atoms with van der Waals surface area (Å²) >= 11 is 0. The van der Waals surface area contributed by atoms with Crippen LogP contribution >= 0.6 is 0 Å². The van der Waals surface area contributed by atoms with Gasteiger partial charge in [0.15, 0.2) is 11.6 Å². The number of imidazole rings is 1. The Labute approximate surface area is 169 Å². The summed E-state index contributed by atoms with van der Waals surface area (Å²) in [5.41, 5.74) is 2.36. The lowest BCUT2D eigenvalue weighted by Crippen LogP contribution is -2.43. The van der Waals surface area contributed by atoms with Gasteiger partial charge in [0, 0.05) is 35.4 Å². The van der Waals surface area contributed by atoms with E-state index in [0.29, 0.717) is 42.7 Å². The van der Waals surface area contributed by atoms with Crippen LogP contribution in [0.1, 0.15) is 65.1 Å². The second kappa shape index (κ2) is 6.11. The average Bonchev–Trinajstić information content (AvgIpc) is 2.91. The zero-order valence-electron chi connectivity index (χ0n) is 17.5. The fraction of sp³-hybridized carbons (Fsp3) is 0.571. The first-order valence-corrected chi connectivity index (χ1v) is 9.86. The van der Waals surface area contributed by atoms with Gasteiger partial charge < -0.3 is 15.4 Å². The molecule has 4 rings (SSSR count). The van der Waals surface area contributed by atoms with E-state index in [2.05, 4.69) is 38.0 Å². The van der Waals surface area contributed by atoms with E-state index >= 15 is 0 Å². The first kappa shape index (κ1) is 19.5. The van der Waals surface area contributed by atoms with Gasteiger partial charge in [-0.2, -0.15) is 0 Å². The minimum absolute atomic E-state index is 0.0245. The Hall–Kier alpha value is -2.77. The largest absolute Gasteiger partial charge is 0.362 e. The number of rotatable bonds is 2. The highest BCUT2D eigenvalue weighted by molar-refractivity contribution is 6.06. The second-order valence-electron chi connectivity index (χ2n) is 10.0. The normalized spacial score (nSPS) is 23.6. The van der Waals surface area contributed by atoms with Crippen LogP contribution in [0.15, 0.2) is 28.7 Å². The Bertz CT molecular complexity index is 973. The summed E-state index contributed by atoms with van der Waals surface area (Å²) in [5, 5.41) is 14.8. The second-order valence-corrected chi connectivity index (χ2v) is 10.0. The fourth-order valence-electron chi connectivity index (χ4n) is 5.00. The zero-order chi connectivity index (χ0) is 21.3. The van der Waals surface area contributed by atoms with E-state index in [0.717, 1.165) is 11.4 Å². The number of carbonyl (C=O) groups is 2. The molecule has 1 aromatic heterocycles. The van der Waals surface area contributed by atoms with Crippen molar-refractivity contribution in [1.29, 1.82) is 0 Å². The van der Waals surface area contributed by atoms with Gasteiger partial charge in [0.1, 0.15) is 6.20 Å². The van der Waals surface area contributed by atoms with E-state index in [-0.39, 0.29) is 28.2 Å². The molecule has 0 atom stereocenters. The molecule has 0 saturated carbocycles. The first-order chi connectivity index (χ1) is 13.4. The Balaban J connectivity index is 1.94. The number of hydrogen-bond donors (Lipinski definition) is 1. The number of aromatic nitrogens is 2. The third kappa shape index (κ3) is 3.10. The van der Waals surface area contributed by atoms with Crippen LogP contribution in [0.2, 0.25) is 0 Å². The number of Topliss-reactive ketones (excluding diaryl/α,β-unsaturated/α-hetero) is 2. The topological polar surface area (TPSA) is 107 Å². The van der Waals surface area contributed by atoms with Crippen molar-refractivity contribution in [3.8, 4) is 0 Å². The van der Waals surface area contributed by atoms with Gasteiger partial charge in [-0.25, -0.2) is 9.55 Å². The lowest BCUT2D eigenvalue weighted by molar-refractivity contribution is -0.391. The number of dihydropyridines is 1. The maximum absolute atomic E-state index is 13.2. The standard InChI is InChI=1S/C21H26N4O4/c1-20(2)6-11-16(13(26)8-20)18(19-22-10-15(24(19)5)25(28)29)17-12(23-11)7-21(3,4)9-14(17)27/h10,18,23H,6-9H2,1-5H3. The molecule has 1 N–H and O–H groups in total. The molecule has 0 saturated heterocycles. The number of allylic oxidation sites excluding steroid dienone is 4. The molecular formula is C21H26N4O4. The van der Waals surface area contributed by atoms with Gasteiger partial charge in [-0.3, -0.25) is 9.59 Å². The molecule has 2 heterocycles. The summed E-state index contributed by atoms with van der Waals surface area (Å²) in [5.74, 6) is -0.492. The Kier molecular flexibility index (Phi) is 4.12. The molecular weight excluding hydrogens is 372 g/mol. The van der Waals surface area contributed by atoms with Crippen LogP contribution in [0.5, 0.6) is 0 Å². The van der Waals surface area contributed by atoms with E-state index in [4.69, 9.17) is 0 Å². The molecule has 0 unspecified atom stereocenters. The van der Waals surface area contributed by atoms with E-state index in [1.807, 2.05) is 0 Å². The Morgan fingerprint density at radius 2 is 1.52 bits per heavy atom. The third-order valence-corrected chi connectivity index (χ3v) is 6.16. The molecule has 8 nitrogen and oxygen atoms in total. The molecule has 1 aliphatic heterocycles. The number of nitrogens with one attached hydrogen (secondary N) is 1. The first-order valence-electron chi connectivity index (χ1n) is 9.86. The predicted octanol–water partition coefficient (Wildman–Crippen LogP) is 3.30. The highest BCUT2D eigenvalue weighted by Crippen LogP contribution is 2.50. The van der Waals surface area contributed by atoms with Crippen molar-refractivity contribution >= 4 is 17.4 Å². The molecule has 0 aromatic carbocycles. The molecule has 0 radical (unpaired) electrons. The van der Waals surface area contributed by atoms with Crippen LogP contribution in [0.4, 0.5) is 5.82 Å². The lowest BCUT2D eigenvalue weighted by atomic mass is 9.65. The number of hydrogen-bond acceptors (Lipinski definition) is 6. The highest BCUT2D eigenvalue weighted by atomic mass is 16.6. The fourth-order valence-corrected chi connectivity index (χ4v) is 5.00. The van der Waals surface area contributed by atoms with Gasteiger partial charge in [0.05, 0.1) is 13.0 Å². The molecule has 154 valence electrons. The van der Waals surface area contributed by atoms with E-state index in [1.165, 1.54) is 10.8 Å². The molecule has 0 amide bonds. The molecule has 3 aliphatic rings. The molecule has 1 aromatic rings. The van der Waals surface area contributed by atoms with Gasteiger partial charge >= 0.3 is 5.82 Å². The minimum Gasteiger partial charge on any atom is -0.362 e. The molecule has 0 spiro atoms. The molecule has 0 fully saturated rings. The van der Waals surface area contributed by atoms with Crippen molar-refractivity contribution in [2.75, 3.05) is 0 Å². The summed E-state index contributed by atoms with van der Waals surface area (Å²) in [4.78, 5) is 41.5. The van der Waals surface area contributed by atoms with Gasteiger partial charge in [-0.15, -0.1) is 0 Å². The Morgan fingerprint density at radius 3 is 1.93 bits per heavy atom. The molecule has 0 bridgehead atoms. The number of nitrogens with zero attached hydrogens (tertiary/aromatic N) is 3. The average molecular weight is 398 g/mol. The molecule has 29 heavy (non-hydrogen) atoms. The van der Waals surface area contributed by atoms with Crippen molar-refractivity contribution in [1.82, 2.24) is 14.9 Å². The predicted molar refractivity (Wildman–Crippen MR) is 106 cm³/mol. The SMILES string of the molecule is Cn1c([N+](=O)[O-])cnc1C1C2=C(CC(C)(C)CC2=O)NC2=C1C(=O)CC(C)(C)C2. The monoisotopic (exact) mass is 398 g/mol. The van der Waals surface area contributed by atoms with Gasteiger partial charge in [0.25, 0.3) is 0 Å². The lowest BCUT2D eigenvalue weighted by Gasteiger charge is -2.43. The van der Waals surface area contributed by atoms with Crippen molar-refractivity contribution in [3.05, 3.63) is 44.7 Å². The minimum atomic E-state index is -0.660. The number of ketones is 2. The summed E-state index contributed by atoms with van der Waals surface area (Å²) in [6.45, 7) is 8.21. The number of carbonyl (C=O) groups excluding carboxylic acids is 2. The van der Waals surface area contributed by atoms with E-state index in [9.17, 15) is 19.7 Å². The third-order valence-electron chi connectivity index (χ3n) is 6.16. The van der Waals surface area contributed by atoms with Crippen LogP contribution in [-0.2, 0) is 16.6 Å². The van der Waals surface area contributed by atoms with Crippen LogP contribution in [0.3, 0.4) is 0 Å². The number of nitro groups is 1. The van der Waals surface area contributed by atoms with Crippen molar-refractivity contribution in [3.63, 3.8) is 0 Å². The molecule has 2 aliphatic carbocycles. The van der Waals surface area contributed by atoms with Gasteiger partial charge in [0.2, 0.25) is 5.82 Å². The van der Waals surface area contributed by atoms with Crippen molar-refractivity contribution in [2.24, 2.45) is 17.9 Å². The zero-order valence-corrected chi connectivity index (χ0v) is 17.5. The smallest absolute Gasteiger partial charge is 0.342 e. The quantitative estimate of drug-likeness (QED) is 0.605. The van der Waals surface area contributed by atoms with E-state index in [1.54, 1.807) is 7.05 Å². The van der Waals surface area contributed by atoms with Crippen molar-refractivity contribution < 1.29 is 14.5 Å². The van der Waals surface area contributed by atoms with Crippen molar-refractivity contribution in [2.45, 2.75) is 59.3 Å². The maximum Gasteiger partial charge on any atom is 0.342 e. The molecule has 8 heteroatoms. The summed E-state index contributed by atoms with van der Waals surface area (Å²) < 4.78 is 1.39. The summed E-state index contributed by atoms with van der Waals surface area (Å²) in [7, 11) is 1.57. The van der Waals surface area contributed by atoms with E-state index < -0.39 is 10.8 Å². The summed E-state index contributed by atoms with van der Waals surface area (Å²) in [6.07, 6.45) is 3.31. The van der Waals surface area contributed by atoms with Gasteiger partial charge in [-0.1, -0.05) is 27.7 Å². The highest BCUT2D eigenvalue weighted by Gasteiger charge is 2.48.